The van der Waals surface area contributed by atoms with E-state index < -0.39 is 8.07 Å². The molecule has 4 heteroatoms. The zero-order valence-electron chi connectivity index (χ0n) is 6.93. The fourth-order valence-electron chi connectivity index (χ4n) is 0.716. The molecule has 1 aromatic heterocycles. The zero-order valence-corrected chi connectivity index (χ0v) is 8.68. The topological polar surface area (TPSA) is 25.8 Å². The Kier molecular flexibility index (Phi) is 2.30. The molecular formula is C7H11ClN2Si. The van der Waals surface area contributed by atoms with Crippen LogP contribution in [0, 0.1) is 0 Å². The quantitative estimate of drug-likeness (QED) is 0.624. The van der Waals surface area contributed by atoms with Crippen molar-refractivity contribution in [3.63, 3.8) is 0 Å². The molecule has 60 valence electrons. The lowest BCUT2D eigenvalue weighted by atomic mass is 10.6. The average molecular weight is 187 g/mol. The van der Waals surface area contributed by atoms with Crippen molar-refractivity contribution >= 4 is 25.0 Å². The predicted molar refractivity (Wildman–Crippen MR) is 50.0 cm³/mol. The highest BCUT2D eigenvalue weighted by molar-refractivity contribution is 6.88. The number of hydrogen-bond acceptors (Lipinski definition) is 2. The van der Waals surface area contributed by atoms with Crippen LogP contribution in [0.15, 0.2) is 12.1 Å². The molecule has 0 aliphatic heterocycles. The lowest BCUT2D eigenvalue weighted by Crippen LogP contribution is -2.40. The van der Waals surface area contributed by atoms with Gasteiger partial charge in [-0.1, -0.05) is 31.2 Å². The lowest BCUT2D eigenvalue weighted by Gasteiger charge is -2.12. The molecule has 0 saturated heterocycles. The summed E-state index contributed by atoms with van der Waals surface area (Å²) < 4.78 is 0. The molecule has 0 spiro atoms. The predicted octanol–water partition coefficient (Wildman–Crippen LogP) is 1.68. The van der Waals surface area contributed by atoms with Crippen LogP contribution < -0.4 is 5.32 Å². The van der Waals surface area contributed by atoms with Gasteiger partial charge in [-0.3, -0.25) is 0 Å². The third-order valence-electron chi connectivity index (χ3n) is 1.40. The van der Waals surface area contributed by atoms with Gasteiger partial charge >= 0.3 is 0 Å². The minimum atomic E-state index is -1.29. The number of rotatable bonds is 1. The van der Waals surface area contributed by atoms with Crippen LogP contribution in [0.5, 0.6) is 0 Å². The van der Waals surface area contributed by atoms with E-state index in [1.165, 1.54) is 0 Å². The molecule has 0 fully saturated rings. The molecule has 2 nitrogen and oxygen atoms in total. The summed E-state index contributed by atoms with van der Waals surface area (Å²) in [5.74, 6) is 0. The first-order chi connectivity index (χ1) is 5.00. The Bertz CT molecular complexity index is 240. The Morgan fingerprint density at radius 3 is 2.18 bits per heavy atom. The van der Waals surface area contributed by atoms with Crippen LogP contribution in [0.3, 0.4) is 0 Å². The van der Waals surface area contributed by atoms with Gasteiger partial charge in [0.05, 0.1) is 0 Å². The maximum atomic E-state index is 5.60. The highest BCUT2D eigenvalue weighted by atomic mass is 35.5. The van der Waals surface area contributed by atoms with E-state index >= 15 is 0 Å². The molecular weight excluding hydrogens is 176 g/mol. The summed E-state index contributed by atoms with van der Waals surface area (Å²) in [6, 6.07) is 3.75. The van der Waals surface area contributed by atoms with Gasteiger partial charge in [0, 0.05) is 5.32 Å². The van der Waals surface area contributed by atoms with Crippen LogP contribution in [-0.4, -0.2) is 18.3 Å². The summed E-state index contributed by atoms with van der Waals surface area (Å²) in [5.41, 5.74) is 0. The first-order valence-corrected chi connectivity index (χ1v) is 7.37. The van der Waals surface area contributed by atoms with Gasteiger partial charge in [-0.25, -0.2) is 0 Å². The second-order valence-electron chi connectivity index (χ2n) is 3.49. The maximum Gasteiger partial charge on any atom is 0.151 e. The summed E-state index contributed by atoms with van der Waals surface area (Å²) in [6.07, 6.45) is 0. The second kappa shape index (κ2) is 2.91. The summed E-state index contributed by atoms with van der Waals surface area (Å²) >= 11 is 5.60. The fourth-order valence-corrected chi connectivity index (χ4v) is 1.75. The van der Waals surface area contributed by atoms with Gasteiger partial charge in [0.15, 0.2) is 5.15 Å². The molecule has 1 aromatic rings. The number of hydrogen-bond donors (Lipinski definition) is 0. The van der Waals surface area contributed by atoms with Crippen LogP contribution in [0.2, 0.25) is 24.8 Å². The standard InChI is InChI=1S/C7H11ClN2Si/c1-11(2,3)7-5-4-6(8)9-10-7/h4-5H,1-3H3. The van der Waals surface area contributed by atoms with Gasteiger partial charge < -0.3 is 0 Å². The molecule has 11 heavy (non-hydrogen) atoms. The van der Waals surface area contributed by atoms with E-state index in [0.29, 0.717) is 5.15 Å². The monoisotopic (exact) mass is 186 g/mol. The molecule has 0 unspecified atom stereocenters. The van der Waals surface area contributed by atoms with Crippen molar-refractivity contribution in [1.29, 1.82) is 0 Å². The molecule has 0 bridgehead atoms. The molecule has 0 aromatic carbocycles. The van der Waals surface area contributed by atoms with Crippen molar-refractivity contribution in [3.8, 4) is 0 Å². The van der Waals surface area contributed by atoms with E-state index in [1.807, 2.05) is 6.07 Å². The van der Waals surface area contributed by atoms with Gasteiger partial charge in [-0.2, -0.15) is 5.10 Å². The Hall–Kier alpha value is -0.413. The smallest absolute Gasteiger partial charge is 0.151 e. The summed E-state index contributed by atoms with van der Waals surface area (Å²) in [6.45, 7) is 6.68. The van der Waals surface area contributed by atoms with Gasteiger partial charge in [0.25, 0.3) is 0 Å². The van der Waals surface area contributed by atoms with Gasteiger partial charge in [0.1, 0.15) is 8.07 Å². The van der Waals surface area contributed by atoms with Crippen molar-refractivity contribution in [2.75, 3.05) is 0 Å². The molecule has 1 rings (SSSR count). The summed E-state index contributed by atoms with van der Waals surface area (Å²) in [4.78, 5) is 0. The SMILES string of the molecule is C[Si](C)(C)c1ccc(Cl)nn1. The van der Waals surface area contributed by atoms with E-state index in [4.69, 9.17) is 11.6 Å². The van der Waals surface area contributed by atoms with Gasteiger partial charge in [-0.05, 0) is 12.1 Å². The first kappa shape index (κ1) is 8.68. The Labute approximate surface area is 72.6 Å². The lowest BCUT2D eigenvalue weighted by molar-refractivity contribution is 1.05. The van der Waals surface area contributed by atoms with E-state index in [2.05, 4.69) is 29.8 Å². The summed E-state index contributed by atoms with van der Waals surface area (Å²) in [7, 11) is -1.29. The van der Waals surface area contributed by atoms with Crippen LogP contribution in [0.1, 0.15) is 0 Å². The number of halogens is 1. The molecule has 0 N–H and O–H groups in total. The number of aromatic nitrogens is 2. The summed E-state index contributed by atoms with van der Waals surface area (Å²) in [5, 5.41) is 9.39. The van der Waals surface area contributed by atoms with Crippen molar-refractivity contribution in [1.82, 2.24) is 10.2 Å². The largest absolute Gasteiger partial charge is 0.159 e. The van der Waals surface area contributed by atoms with Crippen molar-refractivity contribution in [2.45, 2.75) is 19.6 Å². The van der Waals surface area contributed by atoms with E-state index in [9.17, 15) is 0 Å². The van der Waals surface area contributed by atoms with Crippen LogP contribution in [0.25, 0.3) is 0 Å². The Balaban J connectivity index is 2.99. The highest BCUT2D eigenvalue weighted by Crippen LogP contribution is 2.02. The van der Waals surface area contributed by atoms with Crippen LogP contribution in [0.4, 0.5) is 0 Å². The normalized spacial score (nSPS) is 11.6. The molecule has 0 radical (unpaired) electrons. The third kappa shape index (κ3) is 2.27. The molecule has 0 saturated carbocycles. The molecule has 0 atom stereocenters. The first-order valence-electron chi connectivity index (χ1n) is 3.50. The van der Waals surface area contributed by atoms with E-state index in [-0.39, 0.29) is 0 Å². The minimum absolute atomic E-state index is 0.465. The molecule has 0 aliphatic carbocycles. The van der Waals surface area contributed by atoms with Gasteiger partial charge in [-0.15, -0.1) is 5.10 Å². The van der Waals surface area contributed by atoms with Crippen LogP contribution in [-0.2, 0) is 0 Å². The maximum absolute atomic E-state index is 5.60. The van der Waals surface area contributed by atoms with E-state index in [1.54, 1.807) is 6.07 Å². The molecule has 0 amide bonds. The van der Waals surface area contributed by atoms with Crippen molar-refractivity contribution in [2.24, 2.45) is 0 Å². The second-order valence-corrected chi connectivity index (χ2v) is 8.89. The van der Waals surface area contributed by atoms with E-state index in [0.717, 1.165) is 5.32 Å². The number of nitrogens with zero attached hydrogens (tertiary/aromatic N) is 2. The average Bonchev–Trinajstić information content (AvgIpc) is 1.86. The molecule has 0 aliphatic rings. The highest BCUT2D eigenvalue weighted by Gasteiger charge is 2.18. The fraction of sp³-hybridized carbons (Fsp3) is 0.429. The Morgan fingerprint density at radius 1 is 1.18 bits per heavy atom. The third-order valence-corrected chi connectivity index (χ3v) is 3.41. The zero-order chi connectivity index (χ0) is 8.48. The Morgan fingerprint density at radius 2 is 1.82 bits per heavy atom. The van der Waals surface area contributed by atoms with Crippen LogP contribution >= 0.6 is 11.6 Å². The van der Waals surface area contributed by atoms with Crippen molar-refractivity contribution < 1.29 is 0 Å². The molecule has 1 heterocycles. The van der Waals surface area contributed by atoms with Crippen molar-refractivity contribution in [3.05, 3.63) is 17.3 Å². The minimum Gasteiger partial charge on any atom is -0.159 e. The van der Waals surface area contributed by atoms with Gasteiger partial charge in [0.2, 0.25) is 0 Å².